The molecule has 0 bridgehead atoms. The van der Waals surface area contributed by atoms with Crippen LogP contribution >= 0.6 is 0 Å². The summed E-state index contributed by atoms with van der Waals surface area (Å²) in [6.07, 6.45) is -2.76. The number of aryl methyl sites for hydroxylation is 1. The van der Waals surface area contributed by atoms with Crippen molar-refractivity contribution in [1.29, 1.82) is 0 Å². The average Bonchev–Trinajstić information content (AvgIpc) is 2.55. The van der Waals surface area contributed by atoms with E-state index >= 15 is 0 Å². The van der Waals surface area contributed by atoms with Gasteiger partial charge >= 0.3 is 6.18 Å². The van der Waals surface area contributed by atoms with E-state index in [4.69, 9.17) is 0 Å². The maximum atomic E-state index is 12.7. The molecule has 0 fully saturated rings. The third-order valence-corrected chi connectivity index (χ3v) is 2.32. The van der Waals surface area contributed by atoms with Crippen molar-refractivity contribution in [3.05, 3.63) is 34.1 Å². The summed E-state index contributed by atoms with van der Waals surface area (Å²) < 4.78 is 39.1. The van der Waals surface area contributed by atoms with Gasteiger partial charge in [-0.3, -0.25) is 10.1 Å². The monoisotopic (exact) mass is 245 g/mol. The summed E-state index contributed by atoms with van der Waals surface area (Å²) in [7, 11) is 1.40. The van der Waals surface area contributed by atoms with Crippen molar-refractivity contribution in [1.82, 2.24) is 9.55 Å². The lowest BCUT2D eigenvalue weighted by Crippen LogP contribution is -2.03. The molecule has 2 aromatic heterocycles. The predicted octanol–water partition coefficient (Wildman–Crippen LogP) is 2.50. The Kier molecular flexibility index (Phi) is 2.30. The minimum absolute atomic E-state index is 0.0583. The number of hydrogen-bond donors (Lipinski definition) is 0. The molecule has 0 unspecified atom stereocenters. The molecule has 2 rings (SSSR count). The molecule has 0 aliphatic heterocycles. The van der Waals surface area contributed by atoms with E-state index in [1.807, 2.05) is 0 Å². The zero-order valence-electron chi connectivity index (χ0n) is 8.52. The van der Waals surface area contributed by atoms with Gasteiger partial charge in [0.1, 0.15) is 11.8 Å². The number of nitrogens with zero attached hydrogens (tertiary/aromatic N) is 3. The van der Waals surface area contributed by atoms with Gasteiger partial charge in [0, 0.05) is 24.7 Å². The van der Waals surface area contributed by atoms with E-state index < -0.39 is 22.4 Å². The Morgan fingerprint density at radius 3 is 2.65 bits per heavy atom. The fraction of sp³-hybridized carbons (Fsp3) is 0.222. The van der Waals surface area contributed by atoms with Crippen LogP contribution in [-0.4, -0.2) is 14.5 Å². The fourth-order valence-corrected chi connectivity index (χ4v) is 1.58. The van der Waals surface area contributed by atoms with Gasteiger partial charge in [-0.05, 0) is 0 Å². The number of fused-ring (bicyclic) bond motifs is 1. The zero-order chi connectivity index (χ0) is 12.8. The van der Waals surface area contributed by atoms with Gasteiger partial charge in [-0.25, -0.2) is 4.98 Å². The zero-order valence-corrected chi connectivity index (χ0v) is 8.52. The van der Waals surface area contributed by atoms with Crippen molar-refractivity contribution in [2.45, 2.75) is 6.18 Å². The van der Waals surface area contributed by atoms with Gasteiger partial charge in [0.25, 0.3) is 5.69 Å². The molecule has 0 spiro atoms. The third-order valence-electron chi connectivity index (χ3n) is 2.32. The van der Waals surface area contributed by atoms with Crippen LogP contribution in [0.5, 0.6) is 0 Å². The molecule has 17 heavy (non-hydrogen) atoms. The molecule has 2 aromatic rings. The third kappa shape index (κ3) is 1.81. The molecule has 90 valence electrons. The van der Waals surface area contributed by atoms with E-state index in [9.17, 15) is 23.3 Å². The van der Waals surface area contributed by atoms with Crippen LogP contribution in [0.3, 0.4) is 0 Å². The number of halogens is 3. The Morgan fingerprint density at radius 2 is 2.12 bits per heavy atom. The molecule has 0 aliphatic carbocycles. The average molecular weight is 245 g/mol. The van der Waals surface area contributed by atoms with E-state index in [-0.39, 0.29) is 11.0 Å². The highest BCUT2D eigenvalue weighted by Gasteiger charge is 2.35. The van der Waals surface area contributed by atoms with Gasteiger partial charge in [-0.1, -0.05) is 0 Å². The number of aromatic nitrogens is 2. The van der Waals surface area contributed by atoms with Crippen molar-refractivity contribution in [2.75, 3.05) is 0 Å². The predicted molar refractivity (Wildman–Crippen MR) is 52.4 cm³/mol. The van der Waals surface area contributed by atoms with Crippen LogP contribution in [0.4, 0.5) is 18.9 Å². The van der Waals surface area contributed by atoms with E-state index in [0.717, 1.165) is 18.5 Å². The largest absolute Gasteiger partial charge is 0.418 e. The Morgan fingerprint density at radius 1 is 1.47 bits per heavy atom. The minimum atomic E-state index is -4.56. The lowest BCUT2D eigenvalue weighted by Gasteiger charge is -2.03. The Balaban J connectivity index is 2.78. The molecular formula is C9H6F3N3O2. The molecule has 0 N–H and O–H groups in total. The normalized spacial score (nSPS) is 12.0. The fourth-order valence-electron chi connectivity index (χ4n) is 1.58. The minimum Gasteiger partial charge on any atom is -0.335 e. The second-order valence-electron chi connectivity index (χ2n) is 3.47. The smallest absolute Gasteiger partial charge is 0.335 e. The first-order valence-corrected chi connectivity index (χ1v) is 4.47. The quantitative estimate of drug-likeness (QED) is 0.572. The van der Waals surface area contributed by atoms with Gasteiger partial charge in [-0.2, -0.15) is 13.2 Å². The van der Waals surface area contributed by atoms with E-state index in [0.29, 0.717) is 0 Å². The number of pyridine rings is 1. The van der Waals surface area contributed by atoms with Crippen molar-refractivity contribution in [3.63, 3.8) is 0 Å². The van der Waals surface area contributed by atoms with Crippen LogP contribution in [0.25, 0.3) is 11.0 Å². The summed E-state index contributed by atoms with van der Waals surface area (Å²) in [6.45, 7) is 0. The summed E-state index contributed by atoms with van der Waals surface area (Å²) in [5.74, 6) is 0. The van der Waals surface area contributed by atoms with Crippen molar-refractivity contribution in [2.24, 2.45) is 7.05 Å². The molecule has 0 atom stereocenters. The van der Waals surface area contributed by atoms with Crippen molar-refractivity contribution in [3.8, 4) is 0 Å². The summed E-state index contributed by atoms with van der Waals surface area (Å²) >= 11 is 0. The number of nitro groups is 1. The lowest BCUT2D eigenvalue weighted by molar-refractivity contribution is -0.385. The standard InChI is InChI=1S/C9H6F3N3O2/c1-14-4-7(9(10,11)12)6-2-5(15(16)17)3-13-8(6)14/h2-4H,1H3. The van der Waals surface area contributed by atoms with Crippen LogP contribution in [0.1, 0.15) is 5.56 Å². The number of rotatable bonds is 1. The van der Waals surface area contributed by atoms with Gasteiger partial charge in [-0.15, -0.1) is 0 Å². The lowest BCUT2D eigenvalue weighted by atomic mass is 10.2. The SMILES string of the molecule is Cn1cc(C(F)(F)F)c2cc([N+](=O)[O-])cnc21. The summed E-state index contributed by atoms with van der Waals surface area (Å²) in [5.41, 5.74) is -1.33. The first-order valence-electron chi connectivity index (χ1n) is 4.47. The molecule has 0 saturated heterocycles. The first kappa shape index (κ1) is 11.4. The molecule has 0 saturated carbocycles. The molecule has 0 amide bonds. The maximum Gasteiger partial charge on any atom is 0.418 e. The summed E-state index contributed by atoms with van der Waals surface area (Å²) in [6, 6.07) is 0.880. The molecule has 5 nitrogen and oxygen atoms in total. The van der Waals surface area contributed by atoms with E-state index in [1.165, 1.54) is 11.6 Å². The second kappa shape index (κ2) is 3.44. The van der Waals surface area contributed by atoms with Crippen LogP contribution in [0, 0.1) is 10.1 Å². The second-order valence-corrected chi connectivity index (χ2v) is 3.47. The van der Waals surface area contributed by atoms with Crippen LogP contribution in [-0.2, 0) is 13.2 Å². The van der Waals surface area contributed by atoms with Crippen LogP contribution in [0.2, 0.25) is 0 Å². The molecule has 8 heteroatoms. The molecule has 0 aliphatic rings. The van der Waals surface area contributed by atoms with E-state index in [1.54, 1.807) is 0 Å². The van der Waals surface area contributed by atoms with E-state index in [2.05, 4.69) is 4.98 Å². The molecule has 2 heterocycles. The van der Waals surface area contributed by atoms with Crippen LogP contribution < -0.4 is 0 Å². The summed E-state index contributed by atoms with van der Waals surface area (Å²) in [4.78, 5) is 13.4. The number of hydrogen-bond acceptors (Lipinski definition) is 3. The van der Waals surface area contributed by atoms with Crippen LogP contribution in [0.15, 0.2) is 18.5 Å². The summed E-state index contributed by atoms with van der Waals surface area (Å²) in [5, 5.41) is 10.2. The molecular weight excluding hydrogens is 239 g/mol. The van der Waals surface area contributed by atoms with Gasteiger partial charge in [0.05, 0.1) is 10.5 Å². The topological polar surface area (TPSA) is 61.0 Å². The Hall–Kier alpha value is -2.12. The van der Waals surface area contributed by atoms with Gasteiger partial charge < -0.3 is 4.57 Å². The first-order chi connectivity index (χ1) is 7.80. The van der Waals surface area contributed by atoms with Crippen molar-refractivity contribution >= 4 is 16.7 Å². The number of alkyl halides is 3. The van der Waals surface area contributed by atoms with Gasteiger partial charge in [0.2, 0.25) is 0 Å². The van der Waals surface area contributed by atoms with Crippen molar-refractivity contribution < 1.29 is 18.1 Å². The van der Waals surface area contributed by atoms with Gasteiger partial charge in [0.15, 0.2) is 0 Å². The highest BCUT2D eigenvalue weighted by atomic mass is 19.4. The maximum absolute atomic E-state index is 12.7. The highest BCUT2D eigenvalue weighted by molar-refractivity contribution is 5.83. The molecule has 0 aromatic carbocycles. The Bertz CT molecular complexity index is 603. The Labute approximate surface area is 92.6 Å². The molecule has 0 radical (unpaired) electrons. The highest BCUT2D eigenvalue weighted by Crippen LogP contribution is 2.36.